The maximum atomic E-state index is 9.84. The summed E-state index contributed by atoms with van der Waals surface area (Å²) in [6, 6.07) is 7.52. The van der Waals surface area contributed by atoms with E-state index in [0.717, 1.165) is 10.5 Å². The Balaban J connectivity index is 2.55. The molecule has 1 aliphatic heterocycles. The van der Waals surface area contributed by atoms with Crippen LogP contribution in [0.15, 0.2) is 29.2 Å². The van der Waals surface area contributed by atoms with Crippen LogP contribution in [0.4, 0.5) is 0 Å². The predicted octanol–water partition coefficient (Wildman–Crippen LogP) is 1.32. The summed E-state index contributed by atoms with van der Waals surface area (Å²) < 4.78 is 0. The van der Waals surface area contributed by atoms with Crippen LogP contribution in [0.3, 0.4) is 0 Å². The number of hydrogen-bond acceptors (Lipinski definition) is 3. The van der Waals surface area contributed by atoms with E-state index in [9.17, 15) is 10.2 Å². The second-order valence-electron chi connectivity index (χ2n) is 3.11. The summed E-state index contributed by atoms with van der Waals surface area (Å²) in [5.74, 6) is 0. The molecule has 0 amide bonds. The van der Waals surface area contributed by atoms with Crippen molar-refractivity contribution in [3.8, 4) is 0 Å². The maximum absolute atomic E-state index is 9.84. The Bertz CT molecular complexity index is 309. The molecule has 1 aliphatic rings. The SMILES string of the molecule is C[C@@]1(O)c2ccccc2S[C@@H]1O. The van der Waals surface area contributed by atoms with Crippen molar-refractivity contribution in [2.75, 3.05) is 0 Å². The van der Waals surface area contributed by atoms with Crippen LogP contribution in [0.25, 0.3) is 0 Å². The van der Waals surface area contributed by atoms with Crippen LogP contribution >= 0.6 is 11.8 Å². The highest BCUT2D eigenvalue weighted by Gasteiger charge is 2.40. The van der Waals surface area contributed by atoms with E-state index >= 15 is 0 Å². The van der Waals surface area contributed by atoms with Gasteiger partial charge in [0.2, 0.25) is 0 Å². The molecular weight excluding hydrogens is 172 g/mol. The Labute approximate surface area is 75.2 Å². The monoisotopic (exact) mass is 182 g/mol. The quantitative estimate of drug-likeness (QED) is 0.635. The van der Waals surface area contributed by atoms with Gasteiger partial charge in [0.1, 0.15) is 11.0 Å². The summed E-state index contributed by atoms with van der Waals surface area (Å²) in [6.45, 7) is 1.64. The molecule has 1 heterocycles. The fraction of sp³-hybridized carbons (Fsp3) is 0.333. The highest BCUT2D eigenvalue weighted by atomic mass is 32.2. The molecule has 0 saturated carbocycles. The average molecular weight is 182 g/mol. The van der Waals surface area contributed by atoms with Crippen LogP contribution in [0.5, 0.6) is 0 Å². The highest BCUT2D eigenvalue weighted by molar-refractivity contribution is 8.00. The van der Waals surface area contributed by atoms with Gasteiger partial charge in [-0.2, -0.15) is 0 Å². The van der Waals surface area contributed by atoms with Crippen molar-refractivity contribution in [2.24, 2.45) is 0 Å². The molecule has 0 spiro atoms. The van der Waals surface area contributed by atoms with Gasteiger partial charge in [-0.1, -0.05) is 30.0 Å². The van der Waals surface area contributed by atoms with Crippen molar-refractivity contribution in [2.45, 2.75) is 22.9 Å². The number of benzene rings is 1. The van der Waals surface area contributed by atoms with E-state index in [1.54, 1.807) is 6.92 Å². The molecule has 0 bridgehead atoms. The van der Waals surface area contributed by atoms with E-state index < -0.39 is 11.0 Å². The standard InChI is InChI=1S/C9H10O2S/c1-9(11)6-4-2-3-5-7(6)12-8(9)10/h2-5,8,10-11H,1H3/t8-,9+/m0/s1. The summed E-state index contributed by atoms with van der Waals surface area (Å²) in [6.07, 6.45) is 0. The van der Waals surface area contributed by atoms with Crippen molar-refractivity contribution >= 4 is 11.8 Å². The molecule has 12 heavy (non-hydrogen) atoms. The van der Waals surface area contributed by atoms with E-state index in [2.05, 4.69) is 0 Å². The highest BCUT2D eigenvalue weighted by Crippen LogP contribution is 2.46. The number of fused-ring (bicyclic) bond motifs is 1. The third kappa shape index (κ3) is 0.975. The number of hydrogen-bond donors (Lipinski definition) is 2. The summed E-state index contributed by atoms with van der Waals surface area (Å²) in [7, 11) is 0. The lowest BCUT2D eigenvalue weighted by atomic mass is 9.97. The van der Waals surface area contributed by atoms with E-state index in [1.807, 2.05) is 24.3 Å². The van der Waals surface area contributed by atoms with Crippen LogP contribution in [-0.2, 0) is 5.60 Å². The Kier molecular flexibility index (Phi) is 1.68. The Morgan fingerprint density at radius 2 is 2.08 bits per heavy atom. The fourth-order valence-corrected chi connectivity index (χ4v) is 2.51. The molecule has 1 aromatic rings. The van der Waals surface area contributed by atoms with Gasteiger partial charge in [-0.15, -0.1) is 0 Å². The van der Waals surface area contributed by atoms with Crippen molar-refractivity contribution in [1.82, 2.24) is 0 Å². The van der Waals surface area contributed by atoms with Gasteiger partial charge in [-0.3, -0.25) is 0 Å². The van der Waals surface area contributed by atoms with E-state index in [-0.39, 0.29) is 0 Å². The van der Waals surface area contributed by atoms with Crippen LogP contribution in [-0.4, -0.2) is 15.6 Å². The topological polar surface area (TPSA) is 40.5 Å². The lowest BCUT2D eigenvalue weighted by Gasteiger charge is -2.20. The maximum Gasteiger partial charge on any atom is 0.136 e. The summed E-state index contributed by atoms with van der Waals surface area (Å²) >= 11 is 1.30. The first kappa shape index (κ1) is 8.10. The van der Waals surface area contributed by atoms with Gasteiger partial charge in [0.05, 0.1) is 0 Å². The molecule has 2 N–H and O–H groups in total. The number of aliphatic hydroxyl groups excluding tert-OH is 1. The molecule has 2 nitrogen and oxygen atoms in total. The summed E-state index contributed by atoms with van der Waals surface area (Å²) in [5.41, 5.74) is -1.02. The smallest absolute Gasteiger partial charge is 0.136 e. The molecule has 0 unspecified atom stereocenters. The van der Waals surface area contributed by atoms with Gasteiger partial charge in [0.25, 0.3) is 0 Å². The number of thioether (sulfide) groups is 1. The Morgan fingerprint density at radius 1 is 1.42 bits per heavy atom. The zero-order valence-corrected chi connectivity index (χ0v) is 7.51. The molecule has 0 fully saturated rings. The van der Waals surface area contributed by atoms with E-state index in [1.165, 1.54) is 11.8 Å². The second-order valence-corrected chi connectivity index (χ2v) is 4.24. The first-order chi connectivity index (χ1) is 5.62. The number of rotatable bonds is 0. The Morgan fingerprint density at radius 3 is 2.75 bits per heavy atom. The molecule has 0 aromatic heterocycles. The first-order valence-corrected chi connectivity index (χ1v) is 4.67. The molecule has 3 heteroatoms. The molecule has 0 aliphatic carbocycles. The molecular formula is C9H10O2S. The molecule has 0 saturated heterocycles. The van der Waals surface area contributed by atoms with Gasteiger partial charge in [-0.05, 0) is 13.0 Å². The van der Waals surface area contributed by atoms with Gasteiger partial charge >= 0.3 is 0 Å². The number of aliphatic hydroxyl groups is 2. The molecule has 2 atom stereocenters. The minimum Gasteiger partial charge on any atom is -0.382 e. The third-order valence-corrected chi connectivity index (χ3v) is 3.44. The predicted molar refractivity (Wildman–Crippen MR) is 47.9 cm³/mol. The van der Waals surface area contributed by atoms with Crippen LogP contribution in [0.1, 0.15) is 12.5 Å². The molecule has 64 valence electrons. The lowest BCUT2D eigenvalue weighted by Crippen LogP contribution is -2.29. The minimum absolute atomic E-state index is 0.741. The zero-order chi connectivity index (χ0) is 8.77. The van der Waals surface area contributed by atoms with Gasteiger partial charge in [0, 0.05) is 10.5 Å². The molecule has 1 aromatic carbocycles. The van der Waals surface area contributed by atoms with Crippen molar-refractivity contribution in [1.29, 1.82) is 0 Å². The molecule has 0 radical (unpaired) electrons. The van der Waals surface area contributed by atoms with E-state index in [0.29, 0.717) is 0 Å². The van der Waals surface area contributed by atoms with Gasteiger partial charge in [-0.25, -0.2) is 0 Å². The van der Waals surface area contributed by atoms with Crippen LogP contribution in [0, 0.1) is 0 Å². The van der Waals surface area contributed by atoms with Gasteiger partial charge in [0.15, 0.2) is 0 Å². The summed E-state index contributed by atoms with van der Waals surface area (Å²) in [4.78, 5) is 0.968. The summed E-state index contributed by atoms with van der Waals surface area (Å²) in [5, 5.41) is 19.3. The third-order valence-electron chi connectivity index (χ3n) is 2.15. The second kappa shape index (κ2) is 2.49. The minimum atomic E-state index is -1.10. The first-order valence-electron chi connectivity index (χ1n) is 3.79. The lowest BCUT2D eigenvalue weighted by molar-refractivity contribution is -0.0180. The van der Waals surface area contributed by atoms with Crippen molar-refractivity contribution in [3.05, 3.63) is 29.8 Å². The van der Waals surface area contributed by atoms with E-state index in [4.69, 9.17) is 0 Å². The Hall–Kier alpha value is -0.510. The van der Waals surface area contributed by atoms with Crippen molar-refractivity contribution in [3.63, 3.8) is 0 Å². The van der Waals surface area contributed by atoms with Crippen LogP contribution in [0.2, 0.25) is 0 Å². The van der Waals surface area contributed by atoms with Crippen molar-refractivity contribution < 1.29 is 10.2 Å². The average Bonchev–Trinajstić information content (AvgIpc) is 2.25. The largest absolute Gasteiger partial charge is 0.382 e. The zero-order valence-electron chi connectivity index (χ0n) is 6.69. The fourth-order valence-electron chi connectivity index (χ4n) is 1.36. The molecule has 2 rings (SSSR count). The van der Waals surface area contributed by atoms with Crippen LogP contribution < -0.4 is 0 Å². The van der Waals surface area contributed by atoms with Gasteiger partial charge < -0.3 is 10.2 Å². The normalized spacial score (nSPS) is 33.4.